The molecule has 0 fully saturated rings. The van der Waals surface area contributed by atoms with Crippen molar-refractivity contribution in [1.29, 1.82) is 0 Å². The number of ether oxygens (including phenoxy) is 1. The molecule has 4 amide bonds. The molecule has 0 atom stereocenters. The summed E-state index contributed by atoms with van der Waals surface area (Å²) >= 11 is 8.66. The predicted molar refractivity (Wildman–Crippen MR) is 115 cm³/mol. The maximum Gasteiger partial charge on any atom is 0.318 e. The van der Waals surface area contributed by atoms with Crippen molar-refractivity contribution < 1.29 is 19.1 Å². The molecule has 1 aromatic carbocycles. The Morgan fingerprint density at radius 1 is 1.41 bits per heavy atom. The van der Waals surface area contributed by atoms with Crippen LogP contribution in [0.5, 0.6) is 5.75 Å². The first-order valence-corrected chi connectivity index (χ1v) is 10.4. The number of halogens is 1. The molecule has 3 N–H and O–H groups in total. The molecule has 0 aliphatic carbocycles. The molecule has 2 heterocycles. The highest BCUT2D eigenvalue weighted by Gasteiger charge is 2.33. The number of anilines is 1. The zero-order valence-corrected chi connectivity index (χ0v) is 17.4. The molecule has 1 aliphatic rings. The summed E-state index contributed by atoms with van der Waals surface area (Å²) in [5.41, 5.74) is 5.64. The van der Waals surface area contributed by atoms with Gasteiger partial charge in [-0.2, -0.15) is 0 Å². The normalized spacial score (nSPS) is 14.8. The number of nitrogens with two attached hydrogens (primary N) is 1. The van der Waals surface area contributed by atoms with Gasteiger partial charge in [0.2, 0.25) is 5.91 Å². The molecule has 0 unspecified atom stereocenters. The molecule has 0 saturated heterocycles. The summed E-state index contributed by atoms with van der Waals surface area (Å²) in [5.74, 6) is -0.649. The van der Waals surface area contributed by atoms with E-state index in [4.69, 9.17) is 22.1 Å². The Kier molecular flexibility index (Phi) is 6.57. The average molecular weight is 451 g/mol. The number of imide groups is 1. The summed E-state index contributed by atoms with van der Waals surface area (Å²) in [6.07, 6.45) is 1.67. The smallest absolute Gasteiger partial charge is 0.318 e. The van der Waals surface area contributed by atoms with Crippen molar-refractivity contribution in [2.45, 2.75) is 0 Å². The highest BCUT2D eigenvalue weighted by atomic mass is 35.5. The molecule has 0 saturated carbocycles. The third-order valence-corrected chi connectivity index (χ3v) is 5.69. The number of aliphatic imine (C=N–C) groups is 1. The van der Waals surface area contributed by atoms with Crippen LogP contribution in [0.4, 0.5) is 10.5 Å². The van der Waals surface area contributed by atoms with E-state index in [9.17, 15) is 14.4 Å². The van der Waals surface area contributed by atoms with Gasteiger partial charge in [-0.25, -0.2) is 9.79 Å². The number of primary amides is 1. The van der Waals surface area contributed by atoms with E-state index in [1.165, 1.54) is 23.3 Å². The summed E-state index contributed by atoms with van der Waals surface area (Å²) in [6, 6.07) is 7.65. The van der Waals surface area contributed by atoms with Gasteiger partial charge in [-0.3, -0.25) is 19.8 Å². The second-order valence-corrected chi connectivity index (χ2v) is 7.93. The molecule has 1 aromatic heterocycles. The number of hydrogen-bond acceptors (Lipinski definition) is 7. The number of thioether (sulfide) groups is 1. The summed E-state index contributed by atoms with van der Waals surface area (Å²) in [6.45, 7) is 0. The van der Waals surface area contributed by atoms with Crippen molar-refractivity contribution in [3.8, 4) is 5.75 Å². The fraction of sp³-hybridized carbons (Fsp3) is 0.111. The lowest BCUT2D eigenvalue weighted by Crippen LogP contribution is -2.37. The average Bonchev–Trinajstić information content (AvgIpc) is 3.28. The number of hydrogen-bond donors (Lipinski definition) is 2. The molecule has 11 heteroatoms. The Bertz CT molecular complexity index is 1020. The van der Waals surface area contributed by atoms with Crippen LogP contribution in [0.25, 0.3) is 6.08 Å². The molecule has 1 aliphatic heterocycles. The summed E-state index contributed by atoms with van der Waals surface area (Å²) < 4.78 is 5.15. The Morgan fingerprint density at radius 3 is 2.83 bits per heavy atom. The molecule has 150 valence electrons. The molecular weight excluding hydrogens is 436 g/mol. The van der Waals surface area contributed by atoms with Crippen LogP contribution in [-0.2, 0) is 9.59 Å². The van der Waals surface area contributed by atoms with Crippen LogP contribution >= 0.6 is 34.7 Å². The fourth-order valence-corrected chi connectivity index (χ4v) is 4.14. The van der Waals surface area contributed by atoms with Crippen LogP contribution in [0.3, 0.4) is 0 Å². The van der Waals surface area contributed by atoms with Gasteiger partial charge in [-0.05, 0) is 35.7 Å². The topological polar surface area (TPSA) is 114 Å². The Balaban J connectivity index is 1.92. The summed E-state index contributed by atoms with van der Waals surface area (Å²) in [7, 11) is 1.49. The van der Waals surface area contributed by atoms with Gasteiger partial charge in [-0.1, -0.05) is 29.4 Å². The van der Waals surface area contributed by atoms with E-state index in [-0.39, 0.29) is 22.5 Å². The van der Waals surface area contributed by atoms with Crippen molar-refractivity contribution >= 4 is 69.5 Å². The lowest BCUT2D eigenvalue weighted by Gasteiger charge is -2.18. The van der Waals surface area contributed by atoms with Crippen molar-refractivity contribution in [3.05, 3.63) is 51.3 Å². The number of nitrogens with one attached hydrogen (secondary N) is 1. The number of rotatable bonds is 5. The number of amidine groups is 1. The standard InChI is InChI=1S/C18H15ClN4O4S2/c1-27-14-5-4-10(7-12(14)19)23-16(25)13(8-11-3-2-6-28-11)21-18(23)29-9-15(24)22-17(20)26/h2-8H,9H2,1H3,(H3,20,22,24,26)/b13-8+. The lowest BCUT2D eigenvalue weighted by molar-refractivity contribution is -0.117. The maximum absolute atomic E-state index is 13.0. The summed E-state index contributed by atoms with van der Waals surface area (Å²) in [4.78, 5) is 42.2. The van der Waals surface area contributed by atoms with Crippen molar-refractivity contribution in [1.82, 2.24) is 5.32 Å². The number of thiophene rings is 1. The quantitative estimate of drug-likeness (QED) is 0.679. The first-order valence-electron chi connectivity index (χ1n) is 8.13. The minimum Gasteiger partial charge on any atom is -0.495 e. The molecule has 0 bridgehead atoms. The number of methoxy groups -OCH3 is 1. The number of amides is 4. The van der Waals surface area contributed by atoms with Gasteiger partial charge < -0.3 is 10.5 Å². The van der Waals surface area contributed by atoms with Crippen LogP contribution in [0.1, 0.15) is 4.88 Å². The maximum atomic E-state index is 13.0. The minimum atomic E-state index is -0.947. The molecule has 8 nitrogen and oxygen atoms in total. The Labute approximate surface area is 179 Å². The van der Waals surface area contributed by atoms with Crippen LogP contribution < -0.4 is 20.7 Å². The number of carbonyl (C=O) groups excluding carboxylic acids is 3. The molecule has 0 radical (unpaired) electrons. The van der Waals surface area contributed by atoms with Gasteiger partial charge in [0.05, 0.1) is 23.6 Å². The van der Waals surface area contributed by atoms with Crippen molar-refractivity contribution in [3.63, 3.8) is 0 Å². The third-order valence-electron chi connectivity index (χ3n) is 3.64. The Morgan fingerprint density at radius 2 is 2.21 bits per heavy atom. The first-order chi connectivity index (χ1) is 13.9. The van der Waals surface area contributed by atoms with Crippen molar-refractivity contribution in [2.75, 3.05) is 17.8 Å². The Hall–Kier alpha value is -2.82. The van der Waals surface area contributed by atoms with Gasteiger partial charge in [0.25, 0.3) is 5.91 Å². The second kappa shape index (κ2) is 9.12. The lowest BCUT2D eigenvalue weighted by atomic mass is 10.2. The second-order valence-electron chi connectivity index (χ2n) is 5.60. The highest BCUT2D eigenvalue weighted by Crippen LogP contribution is 2.34. The number of nitrogens with zero attached hydrogens (tertiary/aromatic N) is 2. The highest BCUT2D eigenvalue weighted by molar-refractivity contribution is 8.14. The van der Waals surface area contributed by atoms with E-state index in [0.29, 0.717) is 16.5 Å². The largest absolute Gasteiger partial charge is 0.495 e. The van der Waals surface area contributed by atoms with Crippen LogP contribution in [0.15, 0.2) is 46.4 Å². The SMILES string of the molecule is COc1ccc(N2C(=O)/C(=C\c3cccs3)N=C2SCC(=O)NC(N)=O)cc1Cl. The van der Waals surface area contributed by atoms with Gasteiger partial charge >= 0.3 is 6.03 Å². The van der Waals surface area contributed by atoms with Gasteiger partial charge in [0.1, 0.15) is 11.4 Å². The zero-order chi connectivity index (χ0) is 21.0. The van der Waals surface area contributed by atoms with Gasteiger partial charge in [0.15, 0.2) is 5.17 Å². The van der Waals surface area contributed by atoms with E-state index >= 15 is 0 Å². The number of benzene rings is 1. The van der Waals surface area contributed by atoms with Crippen molar-refractivity contribution in [2.24, 2.45) is 10.7 Å². The van der Waals surface area contributed by atoms with E-state index in [1.54, 1.807) is 24.3 Å². The number of urea groups is 1. The van der Waals surface area contributed by atoms with Crippen LogP contribution in [0, 0.1) is 0 Å². The summed E-state index contributed by atoms with van der Waals surface area (Å²) in [5, 5.41) is 4.46. The van der Waals surface area contributed by atoms with Gasteiger partial charge in [-0.15, -0.1) is 11.3 Å². The first kappa shape index (κ1) is 20.9. The van der Waals surface area contributed by atoms with E-state index in [1.807, 2.05) is 22.8 Å². The number of carbonyl (C=O) groups is 3. The molecular formula is C18H15ClN4O4S2. The molecule has 29 heavy (non-hydrogen) atoms. The molecule has 0 spiro atoms. The van der Waals surface area contributed by atoms with Crippen LogP contribution in [0.2, 0.25) is 5.02 Å². The molecule has 3 rings (SSSR count). The third kappa shape index (κ3) is 4.97. The predicted octanol–water partition coefficient (Wildman–Crippen LogP) is 3.08. The fourth-order valence-electron chi connectivity index (χ4n) is 2.43. The monoisotopic (exact) mass is 450 g/mol. The van der Waals surface area contributed by atoms with Crippen LogP contribution in [-0.4, -0.2) is 35.9 Å². The van der Waals surface area contributed by atoms with E-state index in [2.05, 4.69) is 4.99 Å². The minimum absolute atomic E-state index is 0.151. The molecule has 2 aromatic rings. The van der Waals surface area contributed by atoms with E-state index in [0.717, 1.165) is 16.6 Å². The van der Waals surface area contributed by atoms with E-state index < -0.39 is 11.9 Å². The van der Waals surface area contributed by atoms with Gasteiger partial charge in [0, 0.05) is 4.88 Å². The zero-order valence-electron chi connectivity index (χ0n) is 15.0.